The van der Waals surface area contributed by atoms with Gasteiger partial charge in [0.05, 0.1) is 18.1 Å². The van der Waals surface area contributed by atoms with Crippen molar-refractivity contribution < 1.29 is 4.79 Å². The molecule has 4 nitrogen and oxygen atoms in total. The normalized spacial score (nSPS) is 15.1. The van der Waals surface area contributed by atoms with E-state index in [0.717, 1.165) is 22.0 Å². The zero-order chi connectivity index (χ0) is 11.8. The van der Waals surface area contributed by atoms with Crippen LogP contribution in [0.5, 0.6) is 0 Å². The second-order valence-electron chi connectivity index (χ2n) is 4.47. The number of amides is 1. The van der Waals surface area contributed by atoms with Crippen molar-refractivity contribution in [3.05, 3.63) is 42.1 Å². The first-order chi connectivity index (χ1) is 8.22. The maximum Gasteiger partial charge on any atom is 0.227 e. The SMILES string of the molecule is C=C1CN(C(=O)Cc2ccc3cn[nH]c3c2)C1. The van der Waals surface area contributed by atoms with Gasteiger partial charge in [-0.25, -0.2) is 0 Å². The van der Waals surface area contributed by atoms with E-state index in [4.69, 9.17) is 0 Å². The molecule has 1 aromatic heterocycles. The summed E-state index contributed by atoms with van der Waals surface area (Å²) in [5.41, 5.74) is 3.12. The molecule has 17 heavy (non-hydrogen) atoms. The molecule has 1 saturated heterocycles. The van der Waals surface area contributed by atoms with Gasteiger partial charge in [0.15, 0.2) is 0 Å². The number of aromatic nitrogens is 2. The Hall–Kier alpha value is -2.10. The van der Waals surface area contributed by atoms with E-state index in [2.05, 4.69) is 16.8 Å². The van der Waals surface area contributed by atoms with E-state index in [-0.39, 0.29) is 5.91 Å². The molecule has 1 fully saturated rings. The first-order valence-electron chi connectivity index (χ1n) is 5.59. The Labute approximate surface area is 98.9 Å². The molecule has 86 valence electrons. The third-order valence-corrected chi connectivity index (χ3v) is 3.04. The van der Waals surface area contributed by atoms with Gasteiger partial charge in [-0.2, -0.15) is 5.10 Å². The number of likely N-dealkylation sites (tertiary alicyclic amines) is 1. The van der Waals surface area contributed by atoms with Crippen LogP contribution in [0.2, 0.25) is 0 Å². The molecular formula is C13H13N3O. The minimum atomic E-state index is 0.163. The summed E-state index contributed by atoms with van der Waals surface area (Å²) in [6, 6.07) is 5.94. The summed E-state index contributed by atoms with van der Waals surface area (Å²) in [5.74, 6) is 0.163. The van der Waals surface area contributed by atoms with Gasteiger partial charge in [-0.05, 0) is 17.2 Å². The average Bonchev–Trinajstić information content (AvgIpc) is 2.71. The highest BCUT2D eigenvalue weighted by Gasteiger charge is 2.23. The van der Waals surface area contributed by atoms with Gasteiger partial charge >= 0.3 is 0 Å². The first kappa shape index (κ1) is 10.1. The van der Waals surface area contributed by atoms with Crippen molar-refractivity contribution in [3.63, 3.8) is 0 Å². The molecule has 2 heterocycles. The third kappa shape index (κ3) is 1.82. The van der Waals surface area contributed by atoms with Crippen molar-refractivity contribution in [2.24, 2.45) is 0 Å². The number of carbonyl (C=O) groups excluding carboxylic acids is 1. The lowest BCUT2D eigenvalue weighted by atomic mass is 10.1. The Morgan fingerprint density at radius 1 is 1.47 bits per heavy atom. The summed E-state index contributed by atoms with van der Waals surface area (Å²) >= 11 is 0. The van der Waals surface area contributed by atoms with E-state index in [1.165, 1.54) is 0 Å². The van der Waals surface area contributed by atoms with Crippen molar-refractivity contribution >= 4 is 16.8 Å². The van der Waals surface area contributed by atoms with E-state index in [1.54, 1.807) is 6.20 Å². The molecule has 1 N–H and O–H groups in total. The minimum absolute atomic E-state index is 0.163. The molecule has 0 spiro atoms. The van der Waals surface area contributed by atoms with E-state index in [0.29, 0.717) is 19.5 Å². The van der Waals surface area contributed by atoms with Gasteiger partial charge in [0, 0.05) is 18.5 Å². The molecule has 1 aliphatic rings. The van der Waals surface area contributed by atoms with E-state index < -0.39 is 0 Å². The van der Waals surface area contributed by atoms with Crippen molar-refractivity contribution in [2.75, 3.05) is 13.1 Å². The number of nitrogens with zero attached hydrogens (tertiary/aromatic N) is 2. The smallest absolute Gasteiger partial charge is 0.227 e. The monoisotopic (exact) mass is 227 g/mol. The third-order valence-electron chi connectivity index (χ3n) is 3.04. The molecule has 1 aliphatic heterocycles. The molecule has 0 bridgehead atoms. The van der Waals surface area contributed by atoms with Crippen LogP contribution in [0.4, 0.5) is 0 Å². The van der Waals surface area contributed by atoms with Gasteiger partial charge in [0.25, 0.3) is 0 Å². The van der Waals surface area contributed by atoms with Crippen LogP contribution in [0.15, 0.2) is 36.5 Å². The van der Waals surface area contributed by atoms with Crippen molar-refractivity contribution in [1.29, 1.82) is 0 Å². The standard InChI is InChI=1S/C13H13N3O/c1-9-7-16(8-9)13(17)5-10-2-3-11-6-14-15-12(11)4-10/h2-4,6H,1,5,7-8H2,(H,14,15). The maximum atomic E-state index is 11.9. The van der Waals surface area contributed by atoms with Crippen molar-refractivity contribution in [3.8, 4) is 0 Å². The minimum Gasteiger partial charge on any atom is -0.334 e. The number of carbonyl (C=O) groups is 1. The molecule has 3 rings (SSSR count). The van der Waals surface area contributed by atoms with Crippen LogP contribution in [-0.4, -0.2) is 34.1 Å². The van der Waals surface area contributed by atoms with Crippen molar-refractivity contribution in [1.82, 2.24) is 15.1 Å². The van der Waals surface area contributed by atoms with E-state index in [9.17, 15) is 4.79 Å². The van der Waals surface area contributed by atoms with Crippen LogP contribution in [0, 0.1) is 0 Å². The Kier molecular flexibility index (Phi) is 2.21. The lowest BCUT2D eigenvalue weighted by molar-refractivity contribution is -0.131. The van der Waals surface area contributed by atoms with Crippen LogP contribution >= 0.6 is 0 Å². The summed E-state index contributed by atoms with van der Waals surface area (Å²) in [6.07, 6.45) is 2.22. The highest BCUT2D eigenvalue weighted by molar-refractivity contribution is 5.83. The maximum absolute atomic E-state index is 11.9. The molecule has 1 aromatic carbocycles. The highest BCUT2D eigenvalue weighted by Crippen LogP contribution is 2.17. The lowest BCUT2D eigenvalue weighted by Crippen LogP contribution is -2.44. The molecule has 0 atom stereocenters. The number of hydrogen-bond acceptors (Lipinski definition) is 2. The topological polar surface area (TPSA) is 49.0 Å². The fourth-order valence-electron chi connectivity index (χ4n) is 2.05. The molecule has 0 aliphatic carbocycles. The molecule has 0 saturated carbocycles. The summed E-state index contributed by atoms with van der Waals surface area (Å²) in [7, 11) is 0. The van der Waals surface area contributed by atoms with Gasteiger partial charge in [0.1, 0.15) is 0 Å². The zero-order valence-electron chi connectivity index (χ0n) is 9.44. The number of H-pyrrole nitrogens is 1. The van der Waals surface area contributed by atoms with E-state index in [1.807, 2.05) is 23.1 Å². The van der Waals surface area contributed by atoms with Gasteiger partial charge in [-0.3, -0.25) is 9.89 Å². The Bertz CT molecular complexity index is 591. The van der Waals surface area contributed by atoms with Gasteiger partial charge in [-0.15, -0.1) is 0 Å². The average molecular weight is 227 g/mol. The van der Waals surface area contributed by atoms with Crippen LogP contribution in [0.3, 0.4) is 0 Å². The number of benzene rings is 1. The molecule has 1 amide bonds. The summed E-state index contributed by atoms with van der Waals surface area (Å²) < 4.78 is 0. The molecule has 0 radical (unpaired) electrons. The van der Waals surface area contributed by atoms with Gasteiger partial charge in [-0.1, -0.05) is 18.7 Å². The molecular weight excluding hydrogens is 214 g/mol. The molecule has 4 heteroatoms. The van der Waals surface area contributed by atoms with Crippen LogP contribution in [-0.2, 0) is 11.2 Å². The number of aromatic amines is 1. The summed E-state index contributed by atoms with van der Waals surface area (Å²) in [5, 5.41) is 7.94. The quantitative estimate of drug-likeness (QED) is 0.790. The van der Waals surface area contributed by atoms with Crippen LogP contribution < -0.4 is 0 Å². The van der Waals surface area contributed by atoms with Crippen LogP contribution in [0.25, 0.3) is 10.9 Å². The Balaban J connectivity index is 1.75. The zero-order valence-corrected chi connectivity index (χ0v) is 9.44. The predicted octanol–water partition coefficient (Wildman–Crippen LogP) is 1.50. The molecule has 0 unspecified atom stereocenters. The second-order valence-corrected chi connectivity index (χ2v) is 4.47. The number of fused-ring (bicyclic) bond motifs is 1. The highest BCUT2D eigenvalue weighted by atomic mass is 16.2. The number of hydrogen-bond donors (Lipinski definition) is 1. The number of nitrogens with one attached hydrogen (secondary N) is 1. The predicted molar refractivity (Wildman–Crippen MR) is 65.5 cm³/mol. The Morgan fingerprint density at radius 2 is 2.29 bits per heavy atom. The second kappa shape index (κ2) is 3.73. The van der Waals surface area contributed by atoms with Crippen LogP contribution in [0.1, 0.15) is 5.56 Å². The fourth-order valence-corrected chi connectivity index (χ4v) is 2.05. The number of rotatable bonds is 2. The summed E-state index contributed by atoms with van der Waals surface area (Å²) in [6.45, 7) is 5.25. The largest absolute Gasteiger partial charge is 0.334 e. The van der Waals surface area contributed by atoms with E-state index >= 15 is 0 Å². The fraction of sp³-hybridized carbons (Fsp3) is 0.231. The summed E-state index contributed by atoms with van der Waals surface area (Å²) in [4.78, 5) is 13.7. The molecule has 2 aromatic rings. The van der Waals surface area contributed by atoms with Gasteiger partial charge < -0.3 is 4.90 Å². The Morgan fingerprint density at radius 3 is 3.06 bits per heavy atom. The lowest BCUT2D eigenvalue weighted by Gasteiger charge is -2.33. The van der Waals surface area contributed by atoms with Gasteiger partial charge in [0.2, 0.25) is 5.91 Å². The first-order valence-corrected chi connectivity index (χ1v) is 5.59. The van der Waals surface area contributed by atoms with Crippen molar-refractivity contribution in [2.45, 2.75) is 6.42 Å².